The van der Waals surface area contributed by atoms with Crippen LogP contribution in [-0.4, -0.2) is 40.2 Å². The minimum Gasteiger partial charge on any atom is -0.497 e. The lowest BCUT2D eigenvalue weighted by Crippen LogP contribution is -2.32. The molecule has 1 saturated heterocycles. The highest BCUT2D eigenvalue weighted by atomic mass is 19.4. The first-order chi connectivity index (χ1) is 15.9. The van der Waals surface area contributed by atoms with Gasteiger partial charge in [0.15, 0.2) is 0 Å². The first kappa shape index (κ1) is 21.5. The van der Waals surface area contributed by atoms with Crippen LogP contribution in [0.1, 0.15) is 35.8 Å². The number of piperidine rings is 1. The average Bonchev–Trinajstić information content (AvgIpc) is 3.46. The Morgan fingerprint density at radius 3 is 2.73 bits per heavy atom. The normalized spacial score (nSPS) is 15.9. The molecule has 0 aliphatic carbocycles. The van der Waals surface area contributed by atoms with E-state index in [9.17, 15) is 13.2 Å². The number of halogens is 3. The van der Waals surface area contributed by atoms with Crippen LogP contribution in [0.15, 0.2) is 53.2 Å². The molecule has 0 saturated carbocycles. The molecule has 9 heteroatoms. The number of likely N-dealkylation sites (tertiary alicyclic amines) is 1. The van der Waals surface area contributed by atoms with Gasteiger partial charge < -0.3 is 14.2 Å². The molecule has 4 aromatic rings. The van der Waals surface area contributed by atoms with Crippen LogP contribution in [0.5, 0.6) is 5.75 Å². The maximum Gasteiger partial charge on any atom is 0.416 e. The monoisotopic (exact) mass is 456 g/mol. The van der Waals surface area contributed by atoms with Crippen molar-refractivity contribution in [2.45, 2.75) is 31.5 Å². The molecule has 2 aromatic heterocycles. The molecule has 2 aromatic carbocycles. The van der Waals surface area contributed by atoms with Crippen LogP contribution in [0.4, 0.5) is 13.2 Å². The van der Waals surface area contributed by atoms with Gasteiger partial charge in [-0.2, -0.15) is 18.2 Å². The largest absolute Gasteiger partial charge is 0.497 e. The molecule has 33 heavy (non-hydrogen) atoms. The summed E-state index contributed by atoms with van der Waals surface area (Å²) in [5, 5.41) is 5.08. The third-order valence-electron chi connectivity index (χ3n) is 6.22. The lowest BCUT2D eigenvalue weighted by Gasteiger charge is -2.30. The molecular weight excluding hydrogens is 433 g/mol. The highest BCUT2D eigenvalue weighted by Gasteiger charge is 2.31. The van der Waals surface area contributed by atoms with Crippen LogP contribution < -0.4 is 4.74 Å². The van der Waals surface area contributed by atoms with E-state index in [-0.39, 0.29) is 11.4 Å². The fourth-order valence-electron chi connectivity index (χ4n) is 4.45. The van der Waals surface area contributed by atoms with E-state index in [1.807, 2.05) is 12.1 Å². The topological polar surface area (TPSA) is 67.2 Å². The van der Waals surface area contributed by atoms with Gasteiger partial charge in [0.05, 0.1) is 19.2 Å². The van der Waals surface area contributed by atoms with Gasteiger partial charge in [-0.15, -0.1) is 0 Å². The molecule has 1 fully saturated rings. The summed E-state index contributed by atoms with van der Waals surface area (Å²) in [6.45, 7) is 2.20. The van der Waals surface area contributed by atoms with Crippen LogP contribution in [-0.2, 0) is 12.7 Å². The third kappa shape index (κ3) is 4.45. The second-order valence-corrected chi connectivity index (χ2v) is 8.30. The Balaban J connectivity index is 1.23. The number of hydrogen-bond acceptors (Lipinski definition) is 5. The number of nitrogens with one attached hydrogen (secondary N) is 1. The predicted octanol–water partition coefficient (Wildman–Crippen LogP) is 5.62. The summed E-state index contributed by atoms with van der Waals surface area (Å²) in [5.41, 5.74) is 1.95. The summed E-state index contributed by atoms with van der Waals surface area (Å²) in [5.74, 6) is 1.84. The van der Waals surface area contributed by atoms with Crippen molar-refractivity contribution in [1.29, 1.82) is 0 Å². The highest BCUT2D eigenvalue weighted by Crippen LogP contribution is 2.35. The number of methoxy groups -OCH3 is 1. The van der Waals surface area contributed by atoms with Crippen LogP contribution in [0.2, 0.25) is 0 Å². The van der Waals surface area contributed by atoms with Crippen molar-refractivity contribution in [3.05, 3.63) is 65.7 Å². The summed E-state index contributed by atoms with van der Waals surface area (Å²) < 4.78 is 49.6. The molecule has 1 aliphatic heterocycles. The number of aromatic amines is 1. The van der Waals surface area contributed by atoms with Gasteiger partial charge in [-0.25, -0.2) is 0 Å². The molecule has 0 radical (unpaired) electrons. The smallest absolute Gasteiger partial charge is 0.416 e. The summed E-state index contributed by atoms with van der Waals surface area (Å²) in [6, 6.07) is 11.0. The van der Waals surface area contributed by atoms with Gasteiger partial charge in [0.25, 0.3) is 0 Å². The fourth-order valence-corrected chi connectivity index (χ4v) is 4.45. The molecule has 1 aliphatic rings. The second kappa shape index (κ2) is 8.55. The molecule has 1 N–H and O–H groups in total. The minimum atomic E-state index is -4.41. The Morgan fingerprint density at radius 2 is 1.97 bits per heavy atom. The van der Waals surface area contributed by atoms with Gasteiger partial charge >= 0.3 is 6.18 Å². The zero-order valence-electron chi connectivity index (χ0n) is 18.0. The number of benzene rings is 2. The number of nitrogens with zero attached hydrogens (tertiary/aromatic N) is 3. The maximum absolute atomic E-state index is 13.0. The Labute approximate surface area is 188 Å². The van der Waals surface area contributed by atoms with Gasteiger partial charge in [0.1, 0.15) is 5.75 Å². The standard InChI is InChI=1S/C24H23F3N4O2/c1-32-18-5-6-21-19(12-18)20(13-28-21)15-7-9-31(10-8-15)14-22-29-23(30-33-22)16-3-2-4-17(11-16)24(25,26)27/h2-6,11-13,15,28H,7-10,14H2,1H3. The fraction of sp³-hybridized carbons (Fsp3) is 0.333. The molecule has 0 bridgehead atoms. The van der Waals surface area contributed by atoms with Crippen molar-refractivity contribution in [3.63, 3.8) is 0 Å². The van der Waals surface area contributed by atoms with Crippen molar-refractivity contribution in [3.8, 4) is 17.1 Å². The molecular formula is C24H23F3N4O2. The zero-order chi connectivity index (χ0) is 23.0. The van der Waals surface area contributed by atoms with Gasteiger partial charge in [-0.3, -0.25) is 4.90 Å². The van der Waals surface area contributed by atoms with E-state index < -0.39 is 11.7 Å². The molecule has 0 spiro atoms. The SMILES string of the molecule is COc1ccc2[nH]cc(C3CCN(Cc4nc(-c5cccc(C(F)(F)F)c5)no4)CC3)c2c1. The van der Waals surface area contributed by atoms with Gasteiger partial charge in [0, 0.05) is 22.7 Å². The number of aromatic nitrogens is 3. The summed E-state index contributed by atoms with van der Waals surface area (Å²) in [6.07, 6.45) is -0.357. The third-order valence-corrected chi connectivity index (χ3v) is 6.22. The number of fused-ring (bicyclic) bond motifs is 1. The lowest BCUT2D eigenvalue weighted by molar-refractivity contribution is -0.137. The number of hydrogen-bond donors (Lipinski definition) is 1. The van der Waals surface area contributed by atoms with Crippen molar-refractivity contribution in [2.75, 3.05) is 20.2 Å². The summed E-state index contributed by atoms with van der Waals surface area (Å²) in [4.78, 5) is 9.90. The molecule has 3 heterocycles. The number of H-pyrrole nitrogens is 1. The van der Waals surface area contributed by atoms with Crippen LogP contribution in [0.3, 0.4) is 0 Å². The van der Waals surface area contributed by atoms with E-state index in [0.717, 1.165) is 49.3 Å². The molecule has 172 valence electrons. The highest BCUT2D eigenvalue weighted by molar-refractivity contribution is 5.85. The quantitative estimate of drug-likeness (QED) is 0.422. The zero-order valence-corrected chi connectivity index (χ0v) is 18.0. The van der Waals surface area contributed by atoms with E-state index in [4.69, 9.17) is 9.26 Å². The van der Waals surface area contributed by atoms with Crippen LogP contribution >= 0.6 is 0 Å². The van der Waals surface area contributed by atoms with E-state index in [1.165, 1.54) is 17.0 Å². The Morgan fingerprint density at radius 1 is 1.15 bits per heavy atom. The summed E-state index contributed by atoms with van der Waals surface area (Å²) in [7, 11) is 1.67. The Hall–Kier alpha value is -3.33. The molecule has 0 atom stereocenters. The maximum atomic E-state index is 13.0. The first-order valence-electron chi connectivity index (χ1n) is 10.8. The lowest BCUT2D eigenvalue weighted by atomic mass is 9.89. The number of ether oxygens (including phenoxy) is 1. The van der Waals surface area contributed by atoms with Gasteiger partial charge in [0.2, 0.25) is 11.7 Å². The van der Waals surface area contributed by atoms with Crippen molar-refractivity contribution in [1.82, 2.24) is 20.0 Å². The van der Waals surface area contributed by atoms with Gasteiger partial charge in [-0.05, 0) is 67.7 Å². The van der Waals surface area contributed by atoms with Crippen molar-refractivity contribution < 1.29 is 22.4 Å². The molecule has 0 unspecified atom stereocenters. The average molecular weight is 456 g/mol. The minimum absolute atomic E-state index is 0.165. The van der Waals surface area contributed by atoms with Crippen molar-refractivity contribution in [2.24, 2.45) is 0 Å². The van der Waals surface area contributed by atoms with Crippen LogP contribution in [0, 0.1) is 0 Å². The number of rotatable bonds is 5. The predicted molar refractivity (Wildman–Crippen MR) is 117 cm³/mol. The van der Waals surface area contributed by atoms with Crippen LogP contribution in [0.25, 0.3) is 22.3 Å². The molecule has 6 nitrogen and oxygen atoms in total. The van der Waals surface area contributed by atoms with Crippen molar-refractivity contribution >= 4 is 10.9 Å². The van der Waals surface area contributed by atoms with E-state index in [0.29, 0.717) is 18.4 Å². The Kier molecular flexibility index (Phi) is 5.57. The first-order valence-corrected chi connectivity index (χ1v) is 10.8. The van der Waals surface area contributed by atoms with E-state index in [1.54, 1.807) is 13.2 Å². The summed E-state index contributed by atoms with van der Waals surface area (Å²) >= 11 is 0. The second-order valence-electron chi connectivity index (χ2n) is 8.30. The van der Waals surface area contributed by atoms with E-state index in [2.05, 4.69) is 32.3 Å². The number of alkyl halides is 3. The molecule has 0 amide bonds. The van der Waals surface area contributed by atoms with E-state index >= 15 is 0 Å². The Bertz CT molecular complexity index is 1260. The molecule has 5 rings (SSSR count). The van der Waals surface area contributed by atoms with Gasteiger partial charge in [-0.1, -0.05) is 17.3 Å².